The van der Waals surface area contributed by atoms with Crippen LogP contribution in [0.5, 0.6) is 5.75 Å². The second kappa shape index (κ2) is 12.7. The number of ether oxygens (including phenoxy) is 1. The summed E-state index contributed by atoms with van der Waals surface area (Å²) in [6.07, 6.45) is -5.26. The third-order valence-corrected chi connectivity index (χ3v) is 6.42. The van der Waals surface area contributed by atoms with Crippen molar-refractivity contribution >= 4 is 39.4 Å². The first-order valence-electron chi connectivity index (χ1n) is 12.1. The molecule has 3 N–H and O–H groups in total. The van der Waals surface area contributed by atoms with Crippen molar-refractivity contribution in [2.24, 2.45) is 0 Å². The molecule has 0 fully saturated rings. The van der Waals surface area contributed by atoms with Gasteiger partial charge in [0.25, 0.3) is 11.8 Å². The van der Waals surface area contributed by atoms with Crippen LogP contribution in [0.25, 0.3) is 11.1 Å². The number of alkyl halides is 3. The van der Waals surface area contributed by atoms with Gasteiger partial charge in [0.2, 0.25) is 0 Å². The van der Waals surface area contributed by atoms with Crippen LogP contribution in [0.15, 0.2) is 102 Å². The summed E-state index contributed by atoms with van der Waals surface area (Å²) in [5, 5.41) is 14.8. The number of carbonyl (C=O) groups is 3. The second-order valence-corrected chi connectivity index (χ2v) is 9.74. The molecule has 7 nitrogen and oxygen atoms in total. The first kappa shape index (κ1) is 29.3. The zero-order chi connectivity index (χ0) is 29.6. The van der Waals surface area contributed by atoms with Gasteiger partial charge in [0.05, 0.1) is 23.7 Å². The maximum atomic E-state index is 13.4. The Bertz CT molecular complexity index is 1540. The number of hydrogen-bond acceptors (Lipinski definition) is 4. The van der Waals surface area contributed by atoms with Gasteiger partial charge in [0.1, 0.15) is 5.75 Å². The lowest BCUT2D eigenvalue weighted by Crippen LogP contribution is -2.31. The fourth-order valence-electron chi connectivity index (χ4n) is 4.02. The zero-order valence-electron chi connectivity index (χ0n) is 21.1. The van der Waals surface area contributed by atoms with Crippen LogP contribution >= 0.6 is 15.9 Å². The molecule has 0 saturated heterocycles. The van der Waals surface area contributed by atoms with Gasteiger partial charge in [-0.3, -0.25) is 14.4 Å². The van der Waals surface area contributed by atoms with Crippen molar-refractivity contribution in [1.29, 1.82) is 0 Å². The minimum atomic E-state index is -4.87. The second-order valence-electron chi connectivity index (χ2n) is 8.83. The highest BCUT2D eigenvalue weighted by atomic mass is 79.9. The third-order valence-electron chi connectivity index (χ3n) is 5.93. The molecule has 1 unspecified atom stereocenters. The van der Waals surface area contributed by atoms with Gasteiger partial charge in [0.15, 0.2) is 0 Å². The molecule has 0 aromatic heterocycles. The van der Waals surface area contributed by atoms with E-state index < -0.39 is 42.4 Å². The smallest absolute Gasteiger partial charge is 0.481 e. The van der Waals surface area contributed by atoms with Gasteiger partial charge in [-0.05, 0) is 59.2 Å². The Morgan fingerprint density at radius 1 is 0.829 bits per heavy atom. The van der Waals surface area contributed by atoms with Gasteiger partial charge >= 0.3 is 12.3 Å². The van der Waals surface area contributed by atoms with Crippen LogP contribution in [-0.2, 0) is 4.79 Å². The highest BCUT2D eigenvalue weighted by Crippen LogP contribution is 2.27. The van der Waals surface area contributed by atoms with Crippen LogP contribution in [0.4, 0.5) is 18.9 Å². The molecule has 0 aliphatic carbocycles. The maximum Gasteiger partial charge on any atom is 0.573 e. The van der Waals surface area contributed by atoms with Crippen molar-refractivity contribution in [2.75, 3.05) is 5.32 Å². The van der Waals surface area contributed by atoms with E-state index in [0.717, 1.165) is 35.4 Å². The SMILES string of the molecule is O=C(O)CC(NC(=O)c1cc(Br)ccc1NC(=O)c1ccc(OC(F)(F)F)cc1)c1ccc(-c2ccccc2)cc1. The standard InChI is InChI=1S/C30H22BrF3N2O5/c31-22-12-15-25(35-28(39)21-10-13-23(14-11-21)41-30(32,33)34)24(16-22)29(40)36-26(17-27(37)38)20-8-6-19(7-9-20)18-4-2-1-3-5-18/h1-16,26H,17H2,(H,35,39)(H,36,40)(H,37,38). The molecular formula is C30H22BrF3N2O5. The molecular weight excluding hydrogens is 605 g/mol. The van der Waals surface area contributed by atoms with Crippen LogP contribution in [0.1, 0.15) is 38.7 Å². The Morgan fingerprint density at radius 2 is 1.46 bits per heavy atom. The van der Waals surface area contributed by atoms with Gasteiger partial charge in [-0.1, -0.05) is 70.5 Å². The molecule has 0 aliphatic heterocycles. The Morgan fingerprint density at radius 3 is 2.07 bits per heavy atom. The van der Waals surface area contributed by atoms with E-state index in [9.17, 15) is 32.7 Å². The molecule has 4 aromatic carbocycles. The molecule has 41 heavy (non-hydrogen) atoms. The maximum absolute atomic E-state index is 13.4. The minimum Gasteiger partial charge on any atom is -0.481 e. The zero-order valence-corrected chi connectivity index (χ0v) is 22.7. The number of anilines is 1. The number of halogens is 4. The highest BCUT2D eigenvalue weighted by molar-refractivity contribution is 9.10. The lowest BCUT2D eigenvalue weighted by atomic mass is 9.98. The Labute approximate surface area is 241 Å². The summed E-state index contributed by atoms with van der Waals surface area (Å²) in [7, 11) is 0. The minimum absolute atomic E-state index is 0.0241. The van der Waals surface area contributed by atoms with Gasteiger partial charge in [-0.2, -0.15) is 0 Å². The molecule has 0 saturated carbocycles. The predicted molar refractivity (Wildman–Crippen MR) is 150 cm³/mol. The van der Waals surface area contributed by atoms with Crippen molar-refractivity contribution < 1.29 is 37.4 Å². The van der Waals surface area contributed by atoms with E-state index in [1.165, 1.54) is 12.1 Å². The molecule has 2 amide bonds. The molecule has 11 heteroatoms. The van der Waals surface area contributed by atoms with Crippen LogP contribution in [0.2, 0.25) is 0 Å². The largest absolute Gasteiger partial charge is 0.573 e. The van der Waals surface area contributed by atoms with E-state index in [-0.39, 0.29) is 16.8 Å². The van der Waals surface area contributed by atoms with Crippen molar-refractivity contribution in [2.45, 2.75) is 18.8 Å². The number of carboxylic acid groups (broad SMARTS) is 1. The molecule has 0 radical (unpaired) electrons. The number of carbonyl (C=O) groups excluding carboxylic acids is 2. The average Bonchev–Trinajstić information content (AvgIpc) is 2.93. The van der Waals surface area contributed by atoms with E-state index in [4.69, 9.17) is 0 Å². The van der Waals surface area contributed by atoms with E-state index in [2.05, 4.69) is 31.3 Å². The summed E-state index contributed by atoms with van der Waals surface area (Å²) in [5.41, 5.74) is 2.65. The summed E-state index contributed by atoms with van der Waals surface area (Å²) in [6.45, 7) is 0. The monoisotopic (exact) mass is 626 g/mol. The van der Waals surface area contributed by atoms with Crippen molar-refractivity contribution in [3.63, 3.8) is 0 Å². The molecule has 4 rings (SSSR count). The highest BCUT2D eigenvalue weighted by Gasteiger charge is 2.31. The first-order chi connectivity index (χ1) is 19.5. The van der Waals surface area contributed by atoms with Gasteiger partial charge in [0, 0.05) is 10.0 Å². The molecule has 4 aromatic rings. The fourth-order valence-corrected chi connectivity index (χ4v) is 4.38. The van der Waals surface area contributed by atoms with E-state index in [1.807, 2.05) is 42.5 Å². The Kier molecular flexibility index (Phi) is 9.08. The lowest BCUT2D eigenvalue weighted by molar-refractivity contribution is -0.274. The molecule has 0 spiro atoms. The molecule has 0 bridgehead atoms. The Hall–Kier alpha value is -4.64. The third kappa shape index (κ3) is 8.18. The van der Waals surface area contributed by atoms with Crippen LogP contribution in [-0.4, -0.2) is 29.3 Å². The van der Waals surface area contributed by atoms with Gasteiger partial charge < -0.3 is 20.5 Å². The van der Waals surface area contributed by atoms with Crippen LogP contribution < -0.4 is 15.4 Å². The summed E-state index contributed by atoms with van der Waals surface area (Å²) in [4.78, 5) is 37.8. The molecule has 1 atom stereocenters. The number of amides is 2. The summed E-state index contributed by atoms with van der Waals surface area (Å²) >= 11 is 3.30. The van der Waals surface area contributed by atoms with Crippen molar-refractivity contribution in [3.8, 4) is 16.9 Å². The number of aliphatic carboxylic acids is 1. The van der Waals surface area contributed by atoms with Crippen molar-refractivity contribution in [1.82, 2.24) is 5.32 Å². The fraction of sp³-hybridized carbons (Fsp3) is 0.100. The molecule has 0 aliphatic rings. The number of rotatable bonds is 9. The van der Waals surface area contributed by atoms with Crippen molar-refractivity contribution in [3.05, 3.63) is 118 Å². The summed E-state index contributed by atoms with van der Waals surface area (Å²) < 4.78 is 41.6. The average molecular weight is 627 g/mol. The molecule has 210 valence electrons. The first-order valence-corrected chi connectivity index (χ1v) is 12.9. The molecule has 0 heterocycles. The normalized spacial score (nSPS) is 11.8. The lowest BCUT2D eigenvalue weighted by Gasteiger charge is -2.19. The summed E-state index contributed by atoms with van der Waals surface area (Å²) in [6, 6.07) is 24.7. The summed E-state index contributed by atoms with van der Waals surface area (Å²) in [5.74, 6) is -2.94. The number of hydrogen-bond donors (Lipinski definition) is 3. The number of carboxylic acids is 1. The quantitative estimate of drug-likeness (QED) is 0.182. The van der Waals surface area contributed by atoms with E-state index >= 15 is 0 Å². The van der Waals surface area contributed by atoms with Crippen LogP contribution in [0, 0.1) is 0 Å². The predicted octanol–water partition coefficient (Wildman–Crippen LogP) is 7.21. The van der Waals surface area contributed by atoms with E-state index in [0.29, 0.717) is 10.0 Å². The van der Waals surface area contributed by atoms with Gasteiger partial charge in [-0.25, -0.2) is 0 Å². The van der Waals surface area contributed by atoms with Crippen LogP contribution in [0.3, 0.4) is 0 Å². The number of benzene rings is 4. The van der Waals surface area contributed by atoms with Gasteiger partial charge in [-0.15, -0.1) is 13.2 Å². The van der Waals surface area contributed by atoms with E-state index in [1.54, 1.807) is 18.2 Å². The Balaban J connectivity index is 1.53. The topological polar surface area (TPSA) is 105 Å². The number of nitrogens with one attached hydrogen (secondary N) is 2.